The van der Waals surface area contributed by atoms with Gasteiger partial charge in [0.25, 0.3) is 0 Å². The number of hydrogen-bond acceptors (Lipinski definition) is 2. The highest BCUT2D eigenvalue weighted by Gasteiger charge is 2.34. The molecule has 0 amide bonds. The molecule has 2 nitrogen and oxygen atoms in total. The number of ketones is 1. The molecule has 0 radical (unpaired) electrons. The number of benzene rings is 1. The van der Waals surface area contributed by atoms with Crippen molar-refractivity contribution in [1.82, 2.24) is 0 Å². The molecule has 1 aliphatic heterocycles. The Kier molecular flexibility index (Phi) is 3.17. The summed E-state index contributed by atoms with van der Waals surface area (Å²) in [6, 6.07) is 5.88. The van der Waals surface area contributed by atoms with Crippen LogP contribution in [0.3, 0.4) is 0 Å². The molecule has 0 unspecified atom stereocenters. The number of halogens is 1. The van der Waals surface area contributed by atoms with Crippen LogP contribution in [-0.2, 0) is 4.79 Å². The minimum Gasteiger partial charge on any atom is -0.359 e. The highest BCUT2D eigenvalue weighted by molar-refractivity contribution is 6.31. The summed E-state index contributed by atoms with van der Waals surface area (Å²) in [7, 11) is 0. The van der Waals surface area contributed by atoms with E-state index in [0.29, 0.717) is 18.7 Å². The molecule has 0 bridgehead atoms. The molecule has 0 aromatic heterocycles. The van der Waals surface area contributed by atoms with Crippen LogP contribution in [-0.4, -0.2) is 17.9 Å². The highest BCUT2D eigenvalue weighted by Crippen LogP contribution is 2.35. The summed E-state index contributed by atoms with van der Waals surface area (Å²) in [5.74, 6) is 0.309. The summed E-state index contributed by atoms with van der Waals surface area (Å²) in [6.45, 7) is 6.86. The van der Waals surface area contributed by atoms with Crippen molar-refractivity contribution in [3.8, 4) is 0 Å². The molecule has 0 atom stereocenters. The maximum Gasteiger partial charge on any atom is 0.152 e. The molecular weight excluding hydrogens is 234 g/mol. The lowest BCUT2D eigenvalue weighted by Crippen LogP contribution is -2.51. The van der Waals surface area contributed by atoms with Gasteiger partial charge in [0.2, 0.25) is 0 Å². The second-order valence-corrected chi connectivity index (χ2v) is 5.73. The Hall–Kier alpha value is -1.02. The summed E-state index contributed by atoms with van der Waals surface area (Å²) in [4.78, 5) is 13.8. The average Bonchev–Trinajstić information content (AvgIpc) is 2.26. The molecule has 0 spiro atoms. The third-order valence-corrected chi connectivity index (χ3v) is 4.02. The number of anilines is 1. The van der Waals surface area contributed by atoms with E-state index in [1.807, 2.05) is 25.1 Å². The zero-order valence-electron chi connectivity index (χ0n) is 10.6. The van der Waals surface area contributed by atoms with E-state index in [4.69, 9.17) is 11.6 Å². The van der Waals surface area contributed by atoms with Crippen LogP contribution in [0.4, 0.5) is 5.69 Å². The van der Waals surface area contributed by atoms with Crippen LogP contribution >= 0.6 is 11.6 Å². The number of carbonyl (C=O) groups is 1. The standard InChI is InChI=1S/C14H18ClNO/c1-10-12(15)5-4-6-13(10)16-9-11(17)7-8-14(16,2)3/h4-6H,7-9H2,1-3H3. The van der Waals surface area contributed by atoms with Crippen molar-refractivity contribution in [2.75, 3.05) is 11.4 Å². The Balaban J connectivity index is 2.43. The maximum absolute atomic E-state index is 11.7. The van der Waals surface area contributed by atoms with Crippen molar-refractivity contribution in [3.05, 3.63) is 28.8 Å². The van der Waals surface area contributed by atoms with Gasteiger partial charge in [-0.05, 0) is 44.9 Å². The van der Waals surface area contributed by atoms with Gasteiger partial charge >= 0.3 is 0 Å². The smallest absolute Gasteiger partial charge is 0.152 e. The number of nitrogens with zero attached hydrogens (tertiary/aromatic N) is 1. The summed E-state index contributed by atoms with van der Waals surface area (Å²) in [5.41, 5.74) is 2.15. The Morgan fingerprint density at radius 1 is 1.35 bits per heavy atom. The van der Waals surface area contributed by atoms with Crippen LogP contribution in [0, 0.1) is 6.92 Å². The third-order valence-electron chi connectivity index (χ3n) is 3.61. The van der Waals surface area contributed by atoms with Crippen molar-refractivity contribution >= 4 is 23.1 Å². The molecule has 0 N–H and O–H groups in total. The Morgan fingerprint density at radius 2 is 2.06 bits per heavy atom. The molecule has 1 aromatic rings. The van der Waals surface area contributed by atoms with Gasteiger partial charge in [-0.3, -0.25) is 4.79 Å². The van der Waals surface area contributed by atoms with E-state index in [-0.39, 0.29) is 5.54 Å². The molecule has 2 rings (SSSR count). The van der Waals surface area contributed by atoms with Gasteiger partial charge in [-0.15, -0.1) is 0 Å². The van der Waals surface area contributed by atoms with Crippen LogP contribution in [0.15, 0.2) is 18.2 Å². The van der Waals surface area contributed by atoms with Crippen molar-refractivity contribution in [2.45, 2.75) is 39.2 Å². The second kappa shape index (κ2) is 4.34. The predicted molar refractivity (Wildman–Crippen MR) is 71.9 cm³/mol. The number of Topliss-reactive ketones (excluding diaryl/α,β-unsaturated/α-hetero) is 1. The fourth-order valence-corrected chi connectivity index (χ4v) is 2.52. The molecule has 1 aromatic carbocycles. The monoisotopic (exact) mass is 251 g/mol. The number of carbonyl (C=O) groups excluding carboxylic acids is 1. The first-order chi connectivity index (χ1) is 7.92. The van der Waals surface area contributed by atoms with E-state index >= 15 is 0 Å². The topological polar surface area (TPSA) is 20.3 Å². The predicted octanol–water partition coefficient (Wildman–Crippen LogP) is 3.60. The lowest BCUT2D eigenvalue weighted by Gasteiger charge is -2.44. The Labute approximate surface area is 108 Å². The summed E-state index contributed by atoms with van der Waals surface area (Å²) in [6.07, 6.45) is 1.58. The first kappa shape index (κ1) is 12.4. The first-order valence-electron chi connectivity index (χ1n) is 5.96. The molecule has 1 saturated heterocycles. The van der Waals surface area contributed by atoms with Gasteiger partial charge in [0.1, 0.15) is 0 Å². The molecule has 92 valence electrons. The van der Waals surface area contributed by atoms with Gasteiger partial charge in [-0.2, -0.15) is 0 Å². The van der Waals surface area contributed by atoms with Crippen molar-refractivity contribution in [1.29, 1.82) is 0 Å². The fraction of sp³-hybridized carbons (Fsp3) is 0.500. The zero-order valence-corrected chi connectivity index (χ0v) is 11.3. The van der Waals surface area contributed by atoms with Crippen LogP contribution in [0.5, 0.6) is 0 Å². The van der Waals surface area contributed by atoms with E-state index in [2.05, 4.69) is 18.7 Å². The summed E-state index contributed by atoms with van der Waals surface area (Å²) < 4.78 is 0. The number of hydrogen-bond donors (Lipinski definition) is 0. The molecule has 1 fully saturated rings. The van der Waals surface area contributed by atoms with Crippen LogP contribution in [0.2, 0.25) is 5.02 Å². The average molecular weight is 252 g/mol. The van der Waals surface area contributed by atoms with Gasteiger partial charge in [-0.1, -0.05) is 17.7 Å². The lowest BCUT2D eigenvalue weighted by molar-refractivity contribution is -0.119. The molecule has 0 aliphatic carbocycles. The molecular formula is C14H18ClNO. The second-order valence-electron chi connectivity index (χ2n) is 5.32. The van der Waals surface area contributed by atoms with Gasteiger partial charge in [0, 0.05) is 22.7 Å². The number of piperidine rings is 1. The summed E-state index contributed by atoms with van der Waals surface area (Å²) in [5, 5.41) is 0.760. The lowest BCUT2D eigenvalue weighted by atomic mass is 9.88. The molecule has 17 heavy (non-hydrogen) atoms. The van der Waals surface area contributed by atoms with Crippen molar-refractivity contribution < 1.29 is 4.79 Å². The molecule has 1 heterocycles. The fourth-order valence-electron chi connectivity index (χ4n) is 2.35. The normalized spacial score (nSPS) is 19.5. The molecule has 3 heteroatoms. The van der Waals surface area contributed by atoms with Gasteiger partial charge < -0.3 is 4.90 Å². The number of rotatable bonds is 1. The van der Waals surface area contributed by atoms with Gasteiger partial charge in [0.15, 0.2) is 5.78 Å². The van der Waals surface area contributed by atoms with Crippen LogP contribution in [0.1, 0.15) is 32.3 Å². The Bertz CT molecular complexity index is 454. The minimum absolute atomic E-state index is 0.0172. The van der Waals surface area contributed by atoms with Crippen molar-refractivity contribution in [3.63, 3.8) is 0 Å². The SMILES string of the molecule is Cc1c(Cl)cccc1N1CC(=O)CCC1(C)C. The van der Waals surface area contributed by atoms with E-state index in [1.165, 1.54) is 0 Å². The quantitative estimate of drug-likeness (QED) is 0.760. The molecule has 1 aliphatic rings. The largest absolute Gasteiger partial charge is 0.359 e. The van der Waals surface area contributed by atoms with Gasteiger partial charge in [0.05, 0.1) is 6.54 Å². The highest BCUT2D eigenvalue weighted by atomic mass is 35.5. The van der Waals surface area contributed by atoms with Crippen LogP contribution in [0.25, 0.3) is 0 Å². The molecule has 0 saturated carbocycles. The maximum atomic E-state index is 11.7. The van der Waals surface area contributed by atoms with E-state index in [1.54, 1.807) is 0 Å². The van der Waals surface area contributed by atoms with E-state index in [0.717, 1.165) is 22.7 Å². The zero-order chi connectivity index (χ0) is 12.6. The van der Waals surface area contributed by atoms with E-state index in [9.17, 15) is 4.79 Å². The van der Waals surface area contributed by atoms with Gasteiger partial charge in [-0.25, -0.2) is 0 Å². The third kappa shape index (κ3) is 2.32. The van der Waals surface area contributed by atoms with Crippen LogP contribution < -0.4 is 4.90 Å². The first-order valence-corrected chi connectivity index (χ1v) is 6.34. The summed E-state index contributed by atoms with van der Waals surface area (Å²) >= 11 is 6.15. The minimum atomic E-state index is 0.0172. The van der Waals surface area contributed by atoms with E-state index < -0.39 is 0 Å². The van der Waals surface area contributed by atoms with Crippen molar-refractivity contribution in [2.24, 2.45) is 0 Å². The Morgan fingerprint density at radius 3 is 2.76 bits per heavy atom.